The fourth-order valence-electron chi connectivity index (χ4n) is 0.453. The van der Waals surface area contributed by atoms with Gasteiger partial charge in [-0.2, -0.15) is 0 Å². The van der Waals surface area contributed by atoms with E-state index in [4.69, 9.17) is 25.2 Å². The van der Waals surface area contributed by atoms with Gasteiger partial charge in [0.2, 0.25) is 0 Å². The van der Waals surface area contributed by atoms with Gasteiger partial charge in [-0.05, 0) is 24.3 Å². The Bertz CT molecular complexity index is 226. The van der Waals surface area contributed by atoms with Crippen LogP contribution in [-0.2, 0) is 0 Å². The Kier molecular flexibility index (Phi) is 30.1. The van der Waals surface area contributed by atoms with Gasteiger partial charge in [0, 0.05) is 0 Å². The fourth-order valence-corrected chi connectivity index (χ4v) is 0.453. The first-order valence-electron chi connectivity index (χ1n) is 2.92. The number of benzene rings is 1. The zero-order chi connectivity index (χ0) is 9.56. The van der Waals surface area contributed by atoms with E-state index in [-0.39, 0.29) is 166 Å². The molecule has 0 saturated carbocycles. The normalized spacial score (nSPS) is 6.40. The monoisotopic (exact) mass is 292 g/mol. The molecule has 0 aliphatic heterocycles. The molecular formula is C7H11K3O5. The van der Waals surface area contributed by atoms with Crippen molar-refractivity contribution < 1.29 is 25.2 Å². The summed E-state index contributed by atoms with van der Waals surface area (Å²) in [5, 5.41) is 31.2. The second-order valence-electron chi connectivity index (χ2n) is 1.80. The summed E-state index contributed by atoms with van der Waals surface area (Å²) < 4.78 is 0. The molecule has 0 fully saturated rings. The molecule has 0 amide bonds. The van der Waals surface area contributed by atoms with Crippen LogP contribution >= 0.6 is 0 Å². The summed E-state index contributed by atoms with van der Waals surface area (Å²) in [6.07, 6.45) is -1.83. The summed E-state index contributed by atoms with van der Waals surface area (Å²) in [6, 6.07) is 5.70. The topological polar surface area (TPSA) is 98.0 Å². The molecule has 5 nitrogen and oxygen atoms in total. The van der Waals surface area contributed by atoms with Crippen LogP contribution in [0.1, 0.15) is 0 Å². The van der Waals surface area contributed by atoms with E-state index in [1.54, 1.807) is 0 Å². The Morgan fingerprint density at radius 1 is 0.800 bits per heavy atom. The molecule has 0 bridgehead atoms. The Hall–Kier alpha value is 3.00. The third-order valence-corrected chi connectivity index (χ3v) is 0.850. The van der Waals surface area contributed by atoms with Crippen LogP contribution in [0.2, 0.25) is 0 Å². The SMILES string of the molecule is O=C(O)O.Oc1ccc(O)cc1.[KH].[KH].[KH]. The van der Waals surface area contributed by atoms with E-state index < -0.39 is 6.16 Å². The van der Waals surface area contributed by atoms with Crippen molar-refractivity contribution in [2.45, 2.75) is 0 Å². The fraction of sp³-hybridized carbons (Fsp3) is 0. The van der Waals surface area contributed by atoms with Gasteiger partial charge in [-0.25, -0.2) is 4.79 Å². The van der Waals surface area contributed by atoms with Gasteiger partial charge >= 0.3 is 160 Å². The van der Waals surface area contributed by atoms with Gasteiger partial charge in [0.15, 0.2) is 0 Å². The molecule has 0 heterocycles. The van der Waals surface area contributed by atoms with Crippen LogP contribution in [0.5, 0.6) is 11.5 Å². The number of hydrogen-bond donors (Lipinski definition) is 4. The number of phenolic OH excluding ortho intramolecular Hbond substituents is 2. The van der Waals surface area contributed by atoms with Crippen molar-refractivity contribution in [2.75, 3.05) is 0 Å². The van der Waals surface area contributed by atoms with Crippen molar-refractivity contribution in [3.8, 4) is 11.5 Å². The third-order valence-electron chi connectivity index (χ3n) is 0.850. The number of rotatable bonds is 0. The number of carboxylic acid groups (broad SMARTS) is 2. The molecule has 0 aliphatic carbocycles. The predicted molar refractivity (Wildman–Crippen MR) is 61.9 cm³/mol. The first-order chi connectivity index (χ1) is 5.52. The molecular weight excluding hydrogens is 281 g/mol. The molecule has 0 aromatic heterocycles. The van der Waals surface area contributed by atoms with Crippen molar-refractivity contribution in [1.82, 2.24) is 0 Å². The summed E-state index contributed by atoms with van der Waals surface area (Å²) in [5.74, 6) is 0.339. The average Bonchev–Trinajstić information content (AvgIpc) is 1.94. The second kappa shape index (κ2) is 17.0. The van der Waals surface area contributed by atoms with Crippen molar-refractivity contribution in [2.24, 2.45) is 0 Å². The standard InChI is InChI=1S/C6H6O2.CH2O3.3K.3H/c7-5-1-2-6(8)4-3-5;2-1(3)4;;;;;;/h1-4,7-8H;(H2,2,3,4);;;;;;. The molecule has 4 N–H and O–H groups in total. The summed E-state index contributed by atoms with van der Waals surface area (Å²) in [4.78, 5) is 8.56. The van der Waals surface area contributed by atoms with Gasteiger partial charge in [-0.3, -0.25) is 0 Å². The Balaban J connectivity index is -0.0000000779. The van der Waals surface area contributed by atoms with Gasteiger partial charge in [-0.15, -0.1) is 0 Å². The van der Waals surface area contributed by atoms with Gasteiger partial charge < -0.3 is 20.4 Å². The van der Waals surface area contributed by atoms with Gasteiger partial charge in [0.05, 0.1) is 0 Å². The van der Waals surface area contributed by atoms with E-state index in [1.807, 2.05) is 0 Å². The zero-order valence-corrected chi connectivity index (χ0v) is 6.01. The molecule has 0 spiro atoms. The van der Waals surface area contributed by atoms with E-state index >= 15 is 0 Å². The average molecular weight is 292 g/mol. The predicted octanol–water partition coefficient (Wildman–Crippen LogP) is -0.625. The van der Waals surface area contributed by atoms with Crippen molar-refractivity contribution >= 4 is 160 Å². The van der Waals surface area contributed by atoms with Crippen LogP contribution in [0.3, 0.4) is 0 Å². The molecule has 0 unspecified atom stereocenters. The minimum atomic E-state index is -1.83. The van der Waals surface area contributed by atoms with Crippen molar-refractivity contribution in [1.29, 1.82) is 0 Å². The van der Waals surface area contributed by atoms with Crippen molar-refractivity contribution in [3.05, 3.63) is 24.3 Å². The van der Waals surface area contributed by atoms with E-state index in [0.29, 0.717) is 0 Å². The van der Waals surface area contributed by atoms with E-state index in [1.165, 1.54) is 24.3 Å². The van der Waals surface area contributed by atoms with E-state index in [9.17, 15) is 0 Å². The third kappa shape index (κ3) is 22.6. The van der Waals surface area contributed by atoms with Crippen LogP contribution in [0.4, 0.5) is 4.79 Å². The molecule has 72 valence electrons. The number of phenols is 2. The zero-order valence-electron chi connectivity index (χ0n) is 6.01. The molecule has 1 aromatic carbocycles. The maximum atomic E-state index is 8.65. The van der Waals surface area contributed by atoms with Gasteiger partial charge in [-0.1, -0.05) is 0 Å². The molecule has 0 saturated heterocycles. The molecule has 1 rings (SSSR count). The maximum absolute atomic E-state index is 8.65. The van der Waals surface area contributed by atoms with Crippen LogP contribution in [0.15, 0.2) is 24.3 Å². The number of carbonyl (C=O) groups is 1. The molecule has 0 radical (unpaired) electrons. The molecule has 0 atom stereocenters. The first-order valence-corrected chi connectivity index (χ1v) is 2.92. The molecule has 1 aromatic rings. The second-order valence-corrected chi connectivity index (χ2v) is 1.80. The minimum absolute atomic E-state index is 0. The molecule has 15 heavy (non-hydrogen) atoms. The number of aromatic hydroxyl groups is 2. The number of hydrogen-bond acceptors (Lipinski definition) is 3. The van der Waals surface area contributed by atoms with Gasteiger partial charge in [0.1, 0.15) is 11.5 Å². The molecule has 8 heteroatoms. The summed E-state index contributed by atoms with van der Waals surface area (Å²) >= 11 is 0. The first kappa shape index (κ1) is 26.5. The van der Waals surface area contributed by atoms with Crippen LogP contribution in [0, 0.1) is 0 Å². The van der Waals surface area contributed by atoms with E-state index in [0.717, 1.165) is 0 Å². The Morgan fingerprint density at radius 3 is 1.07 bits per heavy atom. The van der Waals surface area contributed by atoms with Crippen molar-refractivity contribution in [3.63, 3.8) is 0 Å². The van der Waals surface area contributed by atoms with Crippen LogP contribution in [-0.4, -0.2) is 181 Å². The Labute approximate surface area is 215 Å². The summed E-state index contributed by atoms with van der Waals surface area (Å²) in [6.45, 7) is 0. The Morgan fingerprint density at radius 2 is 0.933 bits per heavy atom. The molecule has 0 aliphatic rings. The quantitative estimate of drug-likeness (QED) is 0.377. The van der Waals surface area contributed by atoms with Crippen LogP contribution < -0.4 is 0 Å². The summed E-state index contributed by atoms with van der Waals surface area (Å²) in [5.41, 5.74) is 0. The van der Waals surface area contributed by atoms with Crippen LogP contribution in [0.25, 0.3) is 0 Å². The summed E-state index contributed by atoms with van der Waals surface area (Å²) in [7, 11) is 0. The van der Waals surface area contributed by atoms with Gasteiger partial charge in [0.25, 0.3) is 0 Å². The van der Waals surface area contributed by atoms with E-state index in [2.05, 4.69) is 0 Å².